The molecule has 0 aliphatic rings. The van der Waals surface area contributed by atoms with E-state index >= 15 is 0 Å². The summed E-state index contributed by atoms with van der Waals surface area (Å²) in [5, 5.41) is 2.72. The first-order valence-corrected chi connectivity index (χ1v) is 6.73. The van der Waals surface area contributed by atoms with Crippen molar-refractivity contribution in [2.45, 2.75) is 32.8 Å². The van der Waals surface area contributed by atoms with Crippen LogP contribution in [-0.4, -0.2) is 18.2 Å². The summed E-state index contributed by atoms with van der Waals surface area (Å²) in [6.07, 6.45) is 0.108. The summed E-state index contributed by atoms with van der Waals surface area (Å²) in [5.41, 5.74) is 1.06. The highest BCUT2D eigenvalue weighted by atomic mass is 79.9. The molecule has 5 heteroatoms. The first kappa shape index (κ1) is 15.5. The van der Waals surface area contributed by atoms with Crippen molar-refractivity contribution in [1.29, 1.82) is 0 Å². The lowest BCUT2D eigenvalue weighted by atomic mass is 10.1. The van der Waals surface area contributed by atoms with E-state index in [2.05, 4.69) is 26.1 Å². The van der Waals surface area contributed by atoms with Crippen molar-refractivity contribution in [2.75, 3.05) is 11.9 Å². The van der Waals surface area contributed by atoms with E-state index in [0.29, 0.717) is 18.7 Å². The van der Waals surface area contributed by atoms with Gasteiger partial charge in [-0.2, -0.15) is 0 Å². The van der Waals surface area contributed by atoms with E-state index in [4.69, 9.17) is 11.3 Å². The van der Waals surface area contributed by atoms with Gasteiger partial charge in [-0.15, -0.1) is 0 Å². The van der Waals surface area contributed by atoms with Gasteiger partial charge in [-0.3, -0.25) is 5.32 Å². The summed E-state index contributed by atoms with van der Waals surface area (Å²) in [7, 11) is 0. The van der Waals surface area contributed by atoms with Crippen LogP contribution in [0.2, 0.25) is 0 Å². The Bertz CT molecular complexity index is 501. The molecule has 0 radical (unpaired) electrons. The van der Waals surface area contributed by atoms with E-state index in [-0.39, 0.29) is 0 Å². The Hall–Kier alpha value is -1.54. The predicted octanol–water partition coefficient (Wildman–Crippen LogP) is 4.26. The highest BCUT2D eigenvalue weighted by Crippen LogP contribution is 2.23. The monoisotopic (exact) mass is 324 g/mol. The molecule has 0 saturated carbocycles. The summed E-state index contributed by atoms with van der Waals surface area (Å²) in [4.78, 5) is 15.1. The number of amides is 1. The molecule has 0 aromatic heterocycles. The lowest BCUT2D eigenvalue weighted by Gasteiger charge is -2.20. The molecule has 102 valence electrons. The maximum Gasteiger partial charge on any atom is 0.412 e. The molecule has 0 atom stereocenters. The third-order valence-corrected chi connectivity index (χ3v) is 2.69. The van der Waals surface area contributed by atoms with Crippen molar-refractivity contribution in [2.24, 2.45) is 0 Å². The van der Waals surface area contributed by atoms with Crippen LogP contribution < -0.4 is 5.32 Å². The van der Waals surface area contributed by atoms with Gasteiger partial charge in [0.1, 0.15) is 5.60 Å². The molecule has 0 bridgehead atoms. The first-order chi connectivity index (χ1) is 8.81. The fraction of sp³-hybridized carbons (Fsp3) is 0.429. The lowest BCUT2D eigenvalue weighted by Crippen LogP contribution is -2.27. The Morgan fingerprint density at radius 3 is 2.74 bits per heavy atom. The van der Waals surface area contributed by atoms with Gasteiger partial charge in [0.05, 0.1) is 0 Å². The van der Waals surface area contributed by atoms with Crippen LogP contribution in [0, 0.1) is 6.57 Å². The number of anilines is 1. The van der Waals surface area contributed by atoms with Crippen LogP contribution in [0.25, 0.3) is 4.85 Å². The van der Waals surface area contributed by atoms with Crippen molar-refractivity contribution in [3.05, 3.63) is 39.7 Å². The smallest absolute Gasteiger partial charge is 0.412 e. The van der Waals surface area contributed by atoms with Gasteiger partial charge >= 0.3 is 6.09 Å². The molecule has 0 spiro atoms. The van der Waals surface area contributed by atoms with E-state index in [1.165, 1.54) is 0 Å². The molecule has 4 nitrogen and oxygen atoms in total. The SMILES string of the molecule is [C-]#[N+]CCc1ccc(Br)cc1NC(=O)OC(C)(C)C. The zero-order valence-corrected chi connectivity index (χ0v) is 12.9. The van der Waals surface area contributed by atoms with Crippen LogP contribution in [0.5, 0.6) is 0 Å². The topological polar surface area (TPSA) is 42.7 Å². The maximum absolute atomic E-state index is 11.8. The van der Waals surface area contributed by atoms with Crippen LogP contribution in [0.15, 0.2) is 22.7 Å². The van der Waals surface area contributed by atoms with E-state index in [1.54, 1.807) is 0 Å². The van der Waals surface area contributed by atoms with Gasteiger partial charge in [0.15, 0.2) is 0 Å². The molecule has 19 heavy (non-hydrogen) atoms. The van der Waals surface area contributed by atoms with Crippen molar-refractivity contribution in [1.82, 2.24) is 0 Å². The lowest BCUT2D eigenvalue weighted by molar-refractivity contribution is 0.0636. The molecular weight excluding hydrogens is 308 g/mol. The molecule has 0 heterocycles. The molecule has 1 N–H and O–H groups in total. The number of ether oxygens (including phenoxy) is 1. The summed E-state index contributed by atoms with van der Waals surface area (Å²) in [6, 6.07) is 5.59. The van der Waals surface area contributed by atoms with Gasteiger partial charge in [0.25, 0.3) is 0 Å². The van der Waals surface area contributed by atoms with Crippen molar-refractivity contribution < 1.29 is 9.53 Å². The predicted molar refractivity (Wildman–Crippen MR) is 79.2 cm³/mol. The molecular formula is C14H17BrN2O2. The molecule has 1 amide bonds. The third kappa shape index (κ3) is 5.75. The minimum absolute atomic E-state index is 0.393. The largest absolute Gasteiger partial charge is 0.444 e. The minimum atomic E-state index is -0.535. The molecule has 0 aliphatic carbocycles. The van der Waals surface area contributed by atoms with E-state index in [1.807, 2.05) is 39.0 Å². The Kier molecular flexibility index (Phi) is 5.37. The van der Waals surface area contributed by atoms with Crippen LogP contribution in [0.4, 0.5) is 10.5 Å². The molecule has 0 fully saturated rings. The fourth-order valence-electron chi connectivity index (χ4n) is 1.47. The Labute approximate surface area is 122 Å². The molecule has 1 rings (SSSR count). The van der Waals surface area contributed by atoms with Crippen LogP contribution in [-0.2, 0) is 11.2 Å². The average Bonchev–Trinajstić information content (AvgIpc) is 2.25. The van der Waals surface area contributed by atoms with E-state index in [0.717, 1.165) is 10.0 Å². The van der Waals surface area contributed by atoms with Gasteiger partial charge in [0.2, 0.25) is 6.54 Å². The number of carbonyl (C=O) groups excluding carboxylic acids is 1. The van der Waals surface area contributed by atoms with E-state index < -0.39 is 11.7 Å². The number of nitrogens with one attached hydrogen (secondary N) is 1. The quantitative estimate of drug-likeness (QED) is 0.844. The maximum atomic E-state index is 11.8. The number of hydrogen-bond acceptors (Lipinski definition) is 2. The van der Waals surface area contributed by atoms with E-state index in [9.17, 15) is 4.79 Å². The van der Waals surface area contributed by atoms with Crippen molar-refractivity contribution >= 4 is 27.7 Å². The minimum Gasteiger partial charge on any atom is -0.444 e. The number of hydrogen-bond donors (Lipinski definition) is 1. The summed E-state index contributed by atoms with van der Waals surface area (Å²) in [6.45, 7) is 12.7. The van der Waals surface area contributed by atoms with Gasteiger partial charge in [-0.05, 0) is 38.5 Å². The van der Waals surface area contributed by atoms with Crippen LogP contribution in [0.3, 0.4) is 0 Å². The standard InChI is InChI=1S/C14H17BrN2O2/c1-14(2,3)19-13(18)17-12-9-11(15)6-5-10(12)7-8-16-4/h5-6,9H,7-8H2,1-3H3,(H,17,18). The summed E-state index contributed by atoms with van der Waals surface area (Å²) >= 11 is 3.36. The Morgan fingerprint density at radius 1 is 1.47 bits per heavy atom. The second-order valence-corrected chi connectivity index (χ2v) is 5.98. The summed E-state index contributed by atoms with van der Waals surface area (Å²) in [5.74, 6) is 0. The highest BCUT2D eigenvalue weighted by molar-refractivity contribution is 9.10. The highest BCUT2D eigenvalue weighted by Gasteiger charge is 2.17. The van der Waals surface area contributed by atoms with Gasteiger partial charge in [-0.1, -0.05) is 22.0 Å². The average molecular weight is 325 g/mol. The Balaban J connectivity index is 2.84. The molecule has 0 aliphatic heterocycles. The van der Waals surface area contributed by atoms with Crippen molar-refractivity contribution in [3.63, 3.8) is 0 Å². The van der Waals surface area contributed by atoms with Gasteiger partial charge in [-0.25, -0.2) is 11.4 Å². The molecule has 0 unspecified atom stereocenters. The number of nitrogens with zero attached hydrogens (tertiary/aromatic N) is 1. The third-order valence-electron chi connectivity index (χ3n) is 2.20. The number of benzene rings is 1. The number of halogens is 1. The molecule has 0 saturated heterocycles. The van der Waals surface area contributed by atoms with Gasteiger partial charge in [0, 0.05) is 16.6 Å². The number of rotatable bonds is 3. The zero-order valence-electron chi connectivity index (χ0n) is 11.3. The van der Waals surface area contributed by atoms with Crippen LogP contribution >= 0.6 is 15.9 Å². The first-order valence-electron chi connectivity index (χ1n) is 5.93. The molecule has 1 aromatic rings. The molecule has 1 aromatic carbocycles. The van der Waals surface area contributed by atoms with Gasteiger partial charge < -0.3 is 9.58 Å². The summed E-state index contributed by atoms with van der Waals surface area (Å²) < 4.78 is 6.08. The second kappa shape index (κ2) is 6.58. The second-order valence-electron chi connectivity index (χ2n) is 5.06. The fourth-order valence-corrected chi connectivity index (χ4v) is 1.83. The normalized spacial score (nSPS) is 10.7. The Morgan fingerprint density at radius 2 is 2.16 bits per heavy atom. The zero-order chi connectivity index (χ0) is 14.5. The van der Waals surface area contributed by atoms with Crippen molar-refractivity contribution in [3.8, 4) is 0 Å². The van der Waals surface area contributed by atoms with Crippen LogP contribution in [0.1, 0.15) is 26.3 Å². The number of carbonyl (C=O) groups is 1.